The third-order valence-electron chi connectivity index (χ3n) is 3.62. The summed E-state index contributed by atoms with van der Waals surface area (Å²) in [7, 11) is 1.80. The van der Waals surface area contributed by atoms with Crippen LogP contribution < -0.4 is 0 Å². The number of aromatic nitrogens is 2. The van der Waals surface area contributed by atoms with E-state index in [0.717, 1.165) is 22.3 Å². The minimum Gasteiger partial charge on any atom is -0.411 e. The average molecular weight is 374 g/mol. The van der Waals surface area contributed by atoms with Gasteiger partial charge in [-0.15, -0.1) is 10.2 Å². The molecule has 0 saturated carbocycles. The molecule has 0 unspecified atom stereocenters. The summed E-state index contributed by atoms with van der Waals surface area (Å²) in [6, 6.07) is 8.14. The van der Waals surface area contributed by atoms with Gasteiger partial charge in [-0.25, -0.2) is 0 Å². The molecule has 0 fully saturated rings. The summed E-state index contributed by atoms with van der Waals surface area (Å²) >= 11 is 2.89. The van der Waals surface area contributed by atoms with Gasteiger partial charge in [0, 0.05) is 19.2 Å². The largest absolute Gasteiger partial charge is 0.411 e. The van der Waals surface area contributed by atoms with Crippen LogP contribution in [0.2, 0.25) is 0 Å². The van der Waals surface area contributed by atoms with Gasteiger partial charge >= 0.3 is 0 Å². The zero-order valence-corrected chi connectivity index (χ0v) is 16.0. The standard InChI is InChI=1S/C18H19N3O2S2/c1-12-6-13(2)8-15(7-12)17-19-20-18(23-17)25-11-16(22)21(3)9-14-4-5-24-10-14/h4-8,10H,9,11H2,1-3H3. The molecule has 0 radical (unpaired) electrons. The van der Waals surface area contributed by atoms with Crippen molar-refractivity contribution in [3.63, 3.8) is 0 Å². The lowest BCUT2D eigenvalue weighted by Crippen LogP contribution is -2.27. The number of hydrogen-bond acceptors (Lipinski definition) is 6. The van der Waals surface area contributed by atoms with Crippen LogP contribution in [0.5, 0.6) is 0 Å². The number of amides is 1. The van der Waals surface area contributed by atoms with E-state index in [2.05, 4.69) is 16.3 Å². The summed E-state index contributed by atoms with van der Waals surface area (Å²) in [6.07, 6.45) is 0. The molecular formula is C18H19N3O2S2. The van der Waals surface area contributed by atoms with Crippen LogP contribution in [0.4, 0.5) is 0 Å². The van der Waals surface area contributed by atoms with Crippen molar-refractivity contribution in [1.82, 2.24) is 15.1 Å². The zero-order valence-electron chi connectivity index (χ0n) is 14.4. The van der Waals surface area contributed by atoms with Gasteiger partial charge in [0.1, 0.15) is 0 Å². The van der Waals surface area contributed by atoms with E-state index in [1.807, 2.05) is 42.8 Å². The lowest BCUT2D eigenvalue weighted by atomic mass is 10.1. The molecule has 0 aliphatic heterocycles. The predicted molar refractivity (Wildman–Crippen MR) is 101 cm³/mol. The van der Waals surface area contributed by atoms with Crippen molar-refractivity contribution >= 4 is 29.0 Å². The number of benzene rings is 1. The van der Waals surface area contributed by atoms with Crippen molar-refractivity contribution in [3.05, 3.63) is 51.7 Å². The molecule has 1 amide bonds. The summed E-state index contributed by atoms with van der Waals surface area (Å²) in [5, 5.41) is 12.6. The van der Waals surface area contributed by atoms with Crippen LogP contribution >= 0.6 is 23.1 Å². The molecule has 3 aromatic rings. The van der Waals surface area contributed by atoms with Crippen molar-refractivity contribution in [2.75, 3.05) is 12.8 Å². The van der Waals surface area contributed by atoms with Crippen LogP contribution in [0.3, 0.4) is 0 Å². The highest BCUT2D eigenvalue weighted by molar-refractivity contribution is 7.99. The van der Waals surface area contributed by atoms with Gasteiger partial charge in [-0.05, 0) is 48.4 Å². The van der Waals surface area contributed by atoms with E-state index in [9.17, 15) is 4.79 Å². The Kier molecular flexibility index (Phi) is 5.55. The first kappa shape index (κ1) is 17.7. The quantitative estimate of drug-likeness (QED) is 0.607. The average Bonchev–Trinajstić information content (AvgIpc) is 3.23. The fourth-order valence-electron chi connectivity index (χ4n) is 2.46. The number of hydrogen-bond donors (Lipinski definition) is 0. The summed E-state index contributed by atoms with van der Waals surface area (Å²) in [4.78, 5) is 13.9. The third kappa shape index (κ3) is 4.70. The van der Waals surface area contributed by atoms with E-state index in [4.69, 9.17) is 4.42 Å². The van der Waals surface area contributed by atoms with Gasteiger partial charge in [0.25, 0.3) is 5.22 Å². The van der Waals surface area contributed by atoms with Crippen molar-refractivity contribution in [2.45, 2.75) is 25.6 Å². The lowest BCUT2D eigenvalue weighted by Gasteiger charge is -2.15. The van der Waals surface area contributed by atoms with Crippen molar-refractivity contribution in [1.29, 1.82) is 0 Å². The molecule has 0 aliphatic rings. The molecular weight excluding hydrogens is 354 g/mol. The van der Waals surface area contributed by atoms with Crippen molar-refractivity contribution < 1.29 is 9.21 Å². The molecule has 7 heteroatoms. The second-order valence-corrected chi connectivity index (χ2v) is 7.63. The summed E-state index contributed by atoms with van der Waals surface area (Å²) in [5.41, 5.74) is 4.33. The van der Waals surface area contributed by atoms with Gasteiger partial charge in [-0.1, -0.05) is 29.0 Å². The van der Waals surface area contributed by atoms with Crippen LogP contribution in [0.15, 0.2) is 44.7 Å². The molecule has 0 N–H and O–H groups in total. The highest BCUT2D eigenvalue weighted by Crippen LogP contribution is 2.25. The molecule has 0 spiro atoms. The smallest absolute Gasteiger partial charge is 0.277 e. The summed E-state index contributed by atoms with van der Waals surface area (Å²) in [6.45, 7) is 4.68. The molecule has 0 saturated heterocycles. The summed E-state index contributed by atoms with van der Waals surface area (Å²) < 4.78 is 5.69. The molecule has 2 aromatic heterocycles. The normalized spacial score (nSPS) is 10.8. The second kappa shape index (κ2) is 7.84. The Hall–Kier alpha value is -2.12. The topological polar surface area (TPSA) is 59.2 Å². The van der Waals surface area contributed by atoms with E-state index in [0.29, 0.717) is 17.7 Å². The second-order valence-electron chi connectivity index (χ2n) is 5.92. The van der Waals surface area contributed by atoms with E-state index >= 15 is 0 Å². The molecule has 1 aromatic carbocycles. The minimum absolute atomic E-state index is 0.0300. The number of rotatable bonds is 6. The van der Waals surface area contributed by atoms with E-state index in [1.165, 1.54) is 11.8 Å². The van der Waals surface area contributed by atoms with E-state index in [1.54, 1.807) is 23.3 Å². The Morgan fingerprint density at radius 3 is 2.68 bits per heavy atom. The van der Waals surface area contributed by atoms with Crippen molar-refractivity contribution in [2.24, 2.45) is 0 Å². The Labute approximate surface area is 155 Å². The van der Waals surface area contributed by atoms with Crippen LogP contribution in [0, 0.1) is 13.8 Å². The number of aryl methyl sites for hydroxylation is 2. The Bertz CT molecular complexity index is 839. The van der Waals surface area contributed by atoms with Crippen LogP contribution in [-0.2, 0) is 11.3 Å². The third-order valence-corrected chi connectivity index (χ3v) is 5.16. The fraction of sp³-hybridized carbons (Fsp3) is 0.278. The molecule has 0 aliphatic carbocycles. The van der Waals surface area contributed by atoms with Crippen LogP contribution in [-0.4, -0.2) is 33.8 Å². The van der Waals surface area contributed by atoms with Gasteiger partial charge in [-0.3, -0.25) is 4.79 Å². The Morgan fingerprint density at radius 1 is 1.24 bits per heavy atom. The SMILES string of the molecule is Cc1cc(C)cc(-c2nnc(SCC(=O)N(C)Cc3ccsc3)o2)c1. The maximum absolute atomic E-state index is 12.2. The molecule has 130 valence electrons. The van der Waals surface area contributed by atoms with E-state index in [-0.39, 0.29) is 11.7 Å². The molecule has 25 heavy (non-hydrogen) atoms. The zero-order chi connectivity index (χ0) is 17.8. The first-order chi connectivity index (χ1) is 12.0. The predicted octanol–water partition coefficient (Wildman–Crippen LogP) is 4.17. The molecule has 0 bridgehead atoms. The van der Waals surface area contributed by atoms with Crippen LogP contribution in [0.25, 0.3) is 11.5 Å². The van der Waals surface area contributed by atoms with Gasteiger partial charge in [0.05, 0.1) is 5.75 Å². The van der Waals surface area contributed by atoms with Gasteiger partial charge in [-0.2, -0.15) is 11.3 Å². The fourth-order valence-corrected chi connectivity index (χ4v) is 3.82. The molecule has 5 nitrogen and oxygen atoms in total. The monoisotopic (exact) mass is 373 g/mol. The number of nitrogens with zero attached hydrogens (tertiary/aromatic N) is 3. The Balaban J connectivity index is 1.59. The lowest BCUT2D eigenvalue weighted by molar-refractivity contribution is -0.127. The van der Waals surface area contributed by atoms with Gasteiger partial charge < -0.3 is 9.32 Å². The van der Waals surface area contributed by atoms with Crippen molar-refractivity contribution in [3.8, 4) is 11.5 Å². The maximum atomic E-state index is 12.2. The number of carbonyl (C=O) groups is 1. The number of thiophene rings is 1. The van der Waals surface area contributed by atoms with Gasteiger partial charge in [0.15, 0.2) is 0 Å². The first-order valence-electron chi connectivity index (χ1n) is 7.81. The highest BCUT2D eigenvalue weighted by Gasteiger charge is 2.14. The summed E-state index contributed by atoms with van der Waals surface area (Å²) in [5.74, 6) is 0.783. The van der Waals surface area contributed by atoms with Crippen LogP contribution in [0.1, 0.15) is 16.7 Å². The molecule has 2 heterocycles. The number of carbonyl (C=O) groups excluding carboxylic acids is 1. The molecule has 3 rings (SSSR count). The minimum atomic E-state index is 0.0300. The Morgan fingerprint density at radius 2 is 2.00 bits per heavy atom. The first-order valence-corrected chi connectivity index (χ1v) is 9.74. The molecule has 0 atom stereocenters. The van der Waals surface area contributed by atoms with Gasteiger partial charge in [0.2, 0.25) is 11.8 Å². The maximum Gasteiger partial charge on any atom is 0.277 e. The van der Waals surface area contributed by atoms with E-state index < -0.39 is 0 Å². The highest BCUT2D eigenvalue weighted by atomic mass is 32.2. The number of thioether (sulfide) groups is 1.